The molecule has 0 bridgehead atoms. The zero-order chi connectivity index (χ0) is 13.1. The van der Waals surface area contributed by atoms with Crippen molar-refractivity contribution in [3.05, 3.63) is 35.9 Å². The van der Waals surface area contributed by atoms with Crippen molar-refractivity contribution >= 4 is 5.78 Å². The minimum atomic E-state index is 0.323. The minimum absolute atomic E-state index is 0.323. The van der Waals surface area contributed by atoms with Crippen LogP contribution in [0.2, 0.25) is 0 Å². The van der Waals surface area contributed by atoms with Crippen molar-refractivity contribution in [2.75, 3.05) is 13.2 Å². The van der Waals surface area contributed by atoms with E-state index in [4.69, 9.17) is 10.5 Å². The molecule has 0 saturated heterocycles. The third-order valence-electron chi connectivity index (χ3n) is 2.77. The van der Waals surface area contributed by atoms with Crippen molar-refractivity contribution in [3.8, 4) is 0 Å². The van der Waals surface area contributed by atoms with E-state index < -0.39 is 0 Å². The van der Waals surface area contributed by atoms with Crippen LogP contribution in [0.3, 0.4) is 0 Å². The first-order chi connectivity index (χ1) is 8.83. The summed E-state index contributed by atoms with van der Waals surface area (Å²) in [6.07, 6.45) is 3.96. The summed E-state index contributed by atoms with van der Waals surface area (Å²) in [5.41, 5.74) is 6.55. The van der Waals surface area contributed by atoms with Crippen molar-refractivity contribution in [1.82, 2.24) is 0 Å². The molecule has 0 aromatic heterocycles. The summed E-state index contributed by atoms with van der Waals surface area (Å²) in [5.74, 6) is 0.323. The van der Waals surface area contributed by atoms with Crippen molar-refractivity contribution in [1.29, 1.82) is 0 Å². The number of ketones is 1. The van der Waals surface area contributed by atoms with E-state index in [0.717, 1.165) is 25.9 Å². The molecule has 3 nitrogen and oxygen atoms in total. The van der Waals surface area contributed by atoms with Gasteiger partial charge in [-0.3, -0.25) is 4.79 Å². The number of rotatable bonds is 10. The molecule has 0 unspecified atom stereocenters. The number of carbonyl (C=O) groups excluding carboxylic acids is 1. The molecule has 18 heavy (non-hydrogen) atoms. The SMILES string of the molecule is NCCCC(=O)CCCCOCc1ccccc1. The van der Waals surface area contributed by atoms with Gasteiger partial charge in [0.2, 0.25) is 0 Å². The Morgan fingerprint density at radius 1 is 1.06 bits per heavy atom. The van der Waals surface area contributed by atoms with Gasteiger partial charge in [-0.1, -0.05) is 30.3 Å². The van der Waals surface area contributed by atoms with Crippen LogP contribution in [-0.4, -0.2) is 18.9 Å². The van der Waals surface area contributed by atoms with Gasteiger partial charge in [0.15, 0.2) is 0 Å². The first-order valence-corrected chi connectivity index (χ1v) is 6.66. The van der Waals surface area contributed by atoms with Crippen LogP contribution >= 0.6 is 0 Å². The largest absolute Gasteiger partial charge is 0.377 e. The minimum Gasteiger partial charge on any atom is -0.377 e. The van der Waals surface area contributed by atoms with E-state index in [0.29, 0.717) is 31.8 Å². The van der Waals surface area contributed by atoms with Crippen molar-refractivity contribution in [2.45, 2.75) is 38.7 Å². The van der Waals surface area contributed by atoms with Crippen LogP contribution < -0.4 is 5.73 Å². The van der Waals surface area contributed by atoms with Crippen molar-refractivity contribution in [2.24, 2.45) is 5.73 Å². The maximum absolute atomic E-state index is 11.4. The topological polar surface area (TPSA) is 52.3 Å². The fourth-order valence-corrected chi connectivity index (χ4v) is 1.71. The number of benzene rings is 1. The fraction of sp³-hybridized carbons (Fsp3) is 0.533. The quantitative estimate of drug-likeness (QED) is 0.649. The van der Waals surface area contributed by atoms with Crippen LogP contribution in [-0.2, 0) is 16.1 Å². The second-order valence-corrected chi connectivity index (χ2v) is 4.43. The monoisotopic (exact) mass is 249 g/mol. The maximum atomic E-state index is 11.4. The van der Waals surface area contributed by atoms with E-state index in [1.807, 2.05) is 18.2 Å². The molecule has 0 aliphatic heterocycles. The third-order valence-corrected chi connectivity index (χ3v) is 2.77. The number of hydrogen-bond acceptors (Lipinski definition) is 3. The number of Topliss-reactive ketones (excluding diaryl/α,β-unsaturated/α-hetero) is 1. The summed E-state index contributed by atoms with van der Waals surface area (Å²) in [7, 11) is 0. The Kier molecular flexibility index (Phi) is 8.10. The zero-order valence-electron chi connectivity index (χ0n) is 10.9. The molecule has 0 spiro atoms. The molecular weight excluding hydrogens is 226 g/mol. The highest BCUT2D eigenvalue weighted by Crippen LogP contribution is 2.04. The van der Waals surface area contributed by atoms with Crippen LogP contribution in [0.5, 0.6) is 0 Å². The van der Waals surface area contributed by atoms with Gasteiger partial charge >= 0.3 is 0 Å². The van der Waals surface area contributed by atoms with Gasteiger partial charge in [0, 0.05) is 19.4 Å². The molecule has 0 radical (unpaired) electrons. The first-order valence-electron chi connectivity index (χ1n) is 6.66. The Morgan fingerprint density at radius 2 is 1.78 bits per heavy atom. The molecule has 3 heteroatoms. The fourth-order valence-electron chi connectivity index (χ4n) is 1.71. The molecule has 0 fully saturated rings. The van der Waals surface area contributed by atoms with Crippen LogP contribution in [0.15, 0.2) is 30.3 Å². The molecular formula is C15H23NO2. The summed E-state index contributed by atoms with van der Waals surface area (Å²) >= 11 is 0. The zero-order valence-corrected chi connectivity index (χ0v) is 10.9. The van der Waals surface area contributed by atoms with Crippen LogP contribution in [0.25, 0.3) is 0 Å². The Balaban J connectivity index is 1.94. The molecule has 1 rings (SSSR count). The highest BCUT2D eigenvalue weighted by atomic mass is 16.5. The van der Waals surface area contributed by atoms with E-state index in [1.54, 1.807) is 0 Å². The maximum Gasteiger partial charge on any atom is 0.132 e. The first kappa shape index (κ1) is 14.9. The van der Waals surface area contributed by atoms with Gasteiger partial charge in [-0.15, -0.1) is 0 Å². The molecule has 0 saturated carbocycles. The predicted molar refractivity (Wildman–Crippen MR) is 73.2 cm³/mol. The van der Waals surface area contributed by atoms with E-state index in [-0.39, 0.29) is 0 Å². The smallest absolute Gasteiger partial charge is 0.132 e. The second kappa shape index (κ2) is 9.80. The predicted octanol–water partition coefficient (Wildman–Crippen LogP) is 2.68. The summed E-state index contributed by atoms with van der Waals surface area (Å²) < 4.78 is 5.55. The number of ether oxygens (including phenoxy) is 1. The lowest BCUT2D eigenvalue weighted by Crippen LogP contribution is -2.04. The van der Waals surface area contributed by atoms with Gasteiger partial charge in [-0.25, -0.2) is 0 Å². The number of hydrogen-bond donors (Lipinski definition) is 1. The second-order valence-electron chi connectivity index (χ2n) is 4.43. The van der Waals surface area contributed by atoms with E-state index >= 15 is 0 Å². The van der Waals surface area contributed by atoms with Crippen molar-refractivity contribution < 1.29 is 9.53 Å². The standard InChI is InChI=1S/C15H23NO2/c16-11-6-10-15(17)9-4-5-12-18-13-14-7-2-1-3-8-14/h1-3,7-8H,4-6,9-13,16H2. The Morgan fingerprint density at radius 3 is 2.50 bits per heavy atom. The van der Waals surface area contributed by atoms with Crippen LogP contribution in [0.1, 0.15) is 37.7 Å². The number of unbranched alkanes of at least 4 members (excludes halogenated alkanes) is 1. The molecule has 100 valence electrons. The molecule has 1 aromatic carbocycles. The normalized spacial score (nSPS) is 10.5. The highest BCUT2D eigenvalue weighted by Gasteiger charge is 2.00. The van der Waals surface area contributed by atoms with Gasteiger partial charge in [-0.05, 0) is 31.4 Å². The summed E-state index contributed by atoms with van der Waals surface area (Å²) in [6.45, 7) is 1.98. The van der Waals surface area contributed by atoms with Gasteiger partial charge in [0.05, 0.1) is 6.61 Å². The summed E-state index contributed by atoms with van der Waals surface area (Å²) in [5, 5.41) is 0. The highest BCUT2D eigenvalue weighted by molar-refractivity contribution is 5.78. The number of carbonyl (C=O) groups is 1. The lowest BCUT2D eigenvalue weighted by Gasteiger charge is -2.04. The molecule has 0 atom stereocenters. The van der Waals surface area contributed by atoms with Gasteiger partial charge < -0.3 is 10.5 Å². The van der Waals surface area contributed by atoms with E-state index in [1.165, 1.54) is 5.56 Å². The van der Waals surface area contributed by atoms with Crippen LogP contribution in [0.4, 0.5) is 0 Å². The van der Waals surface area contributed by atoms with Gasteiger partial charge in [-0.2, -0.15) is 0 Å². The molecule has 2 N–H and O–H groups in total. The lowest BCUT2D eigenvalue weighted by molar-refractivity contribution is -0.119. The molecule has 0 amide bonds. The Bertz CT molecular complexity index is 325. The van der Waals surface area contributed by atoms with E-state index in [9.17, 15) is 4.79 Å². The van der Waals surface area contributed by atoms with Crippen molar-refractivity contribution in [3.63, 3.8) is 0 Å². The van der Waals surface area contributed by atoms with Gasteiger partial charge in [0.25, 0.3) is 0 Å². The Labute approximate surface area is 109 Å². The van der Waals surface area contributed by atoms with Gasteiger partial charge in [0.1, 0.15) is 5.78 Å². The lowest BCUT2D eigenvalue weighted by atomic mass is 10.1. The third kappa shape index (κ3) is 7.20. The molecule has 0 heterocycles. The summed E-state index contributed by atoms with van der Waals surface area (Å²) in [4.78, 5) is 11.4. The molecule has 0 aliphatic rings. The summed E-state index contributed by atoms with van der Waals surface area (Å²) in [6, 6.07) is 10.1. The van der Waals surface area contributed by atoms with E-state index in [2.05, 4.69) is 12.1 Å². The average molecular weight is 249 g/mol. The molecule has 1 aromatic rings. The molecule has 0 aliphatic carbocycles. The Hall–Kier alpha value is -1.19. The average Bonchev–Trinajstić information content (AvgIpc) is 2.41. The number of nitrogens with two attached hydrogens (primary N) is 1. The van der Waals surface area contributed by atoms with Crippen LogP contribution in [0, 0.1) is 0 Å².